The fourth-order valence-electron chi connectivity index (χ4n) is 1.53. The molecule has 124 valence electrons. The zero-order valence-electron chi connectivity index (χ0n) is 13.2. The molecule has 0 aliphatic carbocycles. The summed E-state index contributed by atoms with van der Waals surface area (Å²) < 4.78 is 28.5. The smallest absolute Gasteiger partial charge is 0.355 e. The van der Waals surface area contributed by atoms with Crippen molar-refractivity contribution in [2.45, 2.75) is 32.7 Å². The van der Waals surface area contributed by atoms with E-state index in [1.165, 1.54) is 7.11 Å². The standard InChI is InChI=1S/C12H24NO5PS2/c1-6-13(7-2)12(20)21-11(10(14)16-5)19(15,17-8-3)18-9-4/h11H,6-9H2,1-5H3. The molecule has 0 aliphatic heterocycles. The van der Waals surface area contributed by atoms with E-state index < -0.39 is 18.6 Å². The van der Waals surface area contributed by atoms with E-state index in [0.29, 0.717) is 17.4 Å². The van der Waals surface area contributed by atoms with Gasteiger partial charge in [0.25, 0.3) is 0 Å². The third-order valence-corrected chi connectivity index (χ3v) is 7.08. The highest BCUT2D eigenvalue weighted by molar-refractivity contribution is 8.26. The Labute approximate surface area is 136 Å². The van der Waals surface area contributed by atoms with Crippen molar-refractivity contribution < 1.29 is 23.1 Å². The summed E-state index contributed by atoms with van der Waals surface area (Å²) in [5.74, 6) is -0.667. The number of nitrogens with zero attached hydrogens (tertiary/aromatic N) is 1. The number of rotatable bonds is 9. The molecule has 0 rings (SSSR count). The number of hydrogen-bond donors (Lipinski definition) is 0. The van der Waals surface area contributed by atoms with E-state index >= 15 is 0 Å². The van der Waals surface area contributed by atoms with Crippen molar-refractivity contribution in [3.05, 3.63) is 0 Å². The molecule has 0 fully saturated rings. The lowest BCUT2D eigenvalue weighted by atomic mass is 10.6. The largest absolute Gasteiger partial charge is 0.468 e. The van der Waals surface area contributed by atoms with Crippen molar-refractivity contribution in [3.8, 4) is 0 Å². The number of carbonyl (C=O) groups excluding carboxylic acids is 1. The quantitative estimate of drug-likeness (QED) is 0.354. The molecule has 0 aromatic rings. The van der Waals surface area contributed by atoms with Gasteiger partial charge in [0, 0.05) is 13.1 Å². The third-order valence-electron chi connectivity index (χ3n) is 2.54. The molecule has 1 atom stereocenters. The second-order valence-corrected chi connectivity index (χ2v) is 8.01. The average Bonchev–Trinajstić information content (AvgIpc) is 2.45. The van der Waals surface area contributed by atoms with Crippen molar-refractivity contribution >= 4 is 41.9 Å². The van der Waals surface area contributed by atoms with Crippen LogP contribution in [0.4, 0.5) is 0 Å². The fraction of sp³-hybridized carbons (Fsp3) is 0.833. The van der Waals surface area contributed by atoms with E-state index in [0.717, 1.165) is 11.8 Å². The first-order chi connectivity index (χ1) is 9.89. The first-order valence-electron chi connectivity index (χ1n) is 6.82. The lowest BCUT2D eigenvalue weighted by molar-refractivity contribution is -0.138. The maximum atomic E-state index is 12.8. The van der Waals surface area contributed by atoms with Gasteiger partial charge in [-0.25, -0.2) is 0 Å². The molecule has 0 spiro atoms. The van der Waals surface area contributed by atoms with Crippen LogP contribution in [-0.4, -0.2) is 53.6 Å². The van der Waals surface area contributed by atoms with Crippen molar-refractivity contribution in [3.63, 3.8) is 0 Å². The summed E-state index contributed by atoms with van der Waals surface area (Å²) in [6.45, 7) is 9.02. The summed E-state index contributed by atoms with van der Waals surface area (Å²) in [5.41, 5.74) is 0. The molecule has 21 heavy (non-hydrogen) atoms. The number of ether oxygens (including phenoxy) is 1. The molecule has 9 heteroatoms. The Morgan fingerprint density at radius 3 is 2.00 bits per heavy atom. The zero-order chi connectivity index (χ0) is 16.5. The second kappa shape index (κ2) is 10.6. The van der Waals surface area contributed by atoms with Gasteiger partial charge in [0.2, 0.25) is 4.99 Å². The highest BCUT2D eigenvalue weighted by Crippen LogP contribution is 2.57. The van der Waals surface area contributed by atoms with Crippen LogP contribution in [0.5, 0.6) is 0 Å². The predicted octanol–water partition coefficient (Wildman–Crippen LogP) is 3.11. The Bertz CT molecular complexity index is 380. The van der Waals surface area contributed by atoms with Crippen LogP contribution >= 0.6 is 31.6 Å². The molecule has 0 aliphatic rings. The maximum absolute atomic E-state index is 12.8. The number of methoxy groups -OCH3 is 1. The minimum Gasteiger partial charge on any atom is -0.468 e. The van der Waals surface area contributed by atoms with Gasteiger partial charge in [0.15, 0.2) is 0 Å². The van der Waals surface area contributed by atoms with Crippen molar-refractivity contribution in [1.29, 1.82) is 0 Å². The molecule has 0 N–H and O–H groups in total. The molecule has 0 heterocycles. The van der Waals surface area contributed by atoms with Crippen LogP contribution in [-0.2, 0) is 23.1 Å². The maximum Gasteiger partial charge on any atom is 0.355 e. The van der Waals surface area contributed by atoms with Gasteiger partial charge in [0.1, 0.15) is 4.32 Å². The van der Waals surface area contributed by atoms with Crippen LogP contribution in [0.15, 0.2) is 0 Å². The summed E-state index contributed by atoms with van der Waals surface area (Å²) >= 11 is 6.29. The van der Waals surface area contributed by atoms with Crippen LogP contribution in [0.1, 0.15) is 27.7 Å². The van der Waals surface area contributed by atoms with Gasteiger partial charge in [0.05, 0.1) is 20.3 Å². The molecule has 1 unspecified atom stereocenters. The first-order valence-corrected chi connectivity index (χ1v) is 9.72. The summed E-state index contributed by atoms with van der Waals surface area (Å²) in [6, 6.07) is 0. The lowest BCUT2D eigenvalue weighted by Gasteiger charge is -2.27. The molecule has 0 bridgehead atoms. The fourth-order valence-corrected chi connectivity index (χ4v) is 5.69. The molecular weight excluding hydrogens is 333 g/mol. The third kappa shape index (κ3) is 6.24. The molecule has 6 nitrogen and oxygen atoms in total. The summed E-state index contributed by atoms with van der Waals surface area (Å²) in [6.07, 6.45) is 0. The van der Waals surface area contributed by atoms with E-state index in [1.54, 1.807) is 13.8 Å². The summed E-state index contributed by atoms with van der Waals surface area (Å²) in [7, 11) is -2.41. The normalized spacial score (nSPS) is 12.8. The number of hydrogen-bond acceptors (Lipinski definition) is 7. The minimum absolute atomic E-state index is 0.170. The second-order valence-electron chi connectivity index (χ2n) is 3.81. The van der Waals surface area contributed by atoms with E-state index in [-0.39, 0.29) is 13.2 Å². The van der Waals surface area contributed by atoms with Crippen LogP contribution < -0.4 is 0 Å². The van der Waals surface area contributed by atoms with Gasteiger partial charge in [-0.2, -0.15) is 0 Å². The van der Waals surface area contributed by atoms with E-state index in [2.05, 4.69) is 0 Å². The Hall–Kier alpha value is -0.140. The predicted molar refractivity (Wildman–Crippen MR) is 89.8 cm³/mol. The molecule has 0 saturated carbocycles. The van der Waals surface area contributed by atoms with Crippen LogP contribution in [0.2, 0.25) is 0 Å². The lowest BCUT2D eigenvalue weighted by Crippen LogP contribution is -2.31. The molecule has 0 aromatic heterocycles. The van der Waals surface area contributed by atoms with E-state index in [1.807, 2.05) is 18.7 Å². The van der Waals surface area contributed by atoms with Gasteiger partial charge in [-0.3, -0.25) is 9.36 Å². The number of esters is 1. The van der Waals surface area contributed by atoms with E-state index in [4.69, 9.17) is 26.0 Å². The SMILES string of the molecule is CCOP(=O)(OCC)C(SC(=S)N(CC)CC)C(=O)OC. The topological polar surface area (TPSA) is 65.1 Å². The molecule has 0 amide bonds. The van der Waals surface area contributed by atoms with Crippen molar-refractivity contribution in [2.75, 3.05) is 33.4 Å². The summed E-state index contributed by atoms with van der Waals surface area (Å²) in [4.78, 5) is 12.8. The summed E-state index contributed by atoms with van der Waals surface area (Å²) in [5, 5.41) is 0. The average molecular weight is 357 g/mol. The molecular formula is C12H24NO5PS2. The monoisotopic (exact) mass is 357 g/mol. The van der Waals surface area contributed by atoms with Crippen molar-refractivity contribution in [2.24, 2.45) is 0 Å². The van der Waals surface area contributed by atoms with Gasteiger partial charge in [-0.1, -0.05) is 24.0 Å². The van der Waals surface area contributed by atoms with Crippen molar-refractivity contribution in [1.82, 2.24) is 4.90 Å². The molecule has 0 aromatic carbocycles. The Morgan fingerprint density at radius 2 is 1.67 bits per heavy atom. The Morgan fingerprint density at radius 1 is 1.19 bits per heavy atom. The Kier molecular flexibility index (Phi) is 10.5. The van der Waals surface area contributed by atoms with Gasteiger partial charge >= 0.3 is 13.6 Å². The molecule has 0 saturated heterocycles. The van der Waals surface area contributed by atoms with E-state index in [9.17, 15) is 9.36 Å². The van der Waals surface area contributed by atoms with Crippen LogP contribution in [0.25, 0.3) is 0 Å². The minimum atomic E-state index is -3.64. The first kappa shape index (κ1) is 20.9. The van der Waals surface area contributed by atoms with Crippen LogP contribution in [0.3, 0.4) is 0 Å². The Balaban J connectivity index is 5.31. The van der Waals surface area contributed by atoms with Gasteiger partial charge in [-0.15, -0.1) is 0 Å². The number of thiocarbonyl (C=S) groups is 1. The molecule has 0 radical (unpaired) electrons. The van der Waals surface area contributed by atoms with Crippen LogP contribution in [0, 0.1) is 0 Å². The zero-order valence-corrected chi connectivity index (χ0v) is 15.7. The number of carbonyl (C=O) groups is 1. The number of thioether (sulfide) groups is 1. The highest BCUT2D eigenvalue weighted by Gasteiger charge is 2.44. The van der Waals surface area contributed by atoms with Gasteiger partial charge in [-0.05, 0) is 27.7 Å². The highest BCUT2D eigenvalue weighted by atomic mass is 32.2. The van der Waals surface area contributed by atoms with Gasteiger partial charge < -0.3 is 18.7 Å².